The van der Waals surface area contributed by atoms with Crippen LogP contribution in [0.4, 0.5) is 5.69 Å². The van der Waals surface area contributed by atoms with E-state index >= 15 is 0 Å². The average molecular weight is 383 g/mol. The summed E-state index contributed by atoms with van der Waals surface area (Å²) in [5, 5.41) is 6.57. The molecule has 1 unspecified atom stereocenters. The fourth-order valence-corrected chi connectivity index (χ4v) is 3.76. The van der Waals surface area contributed by atoms with Crippen LogP contribution in [-0.2, 0) is 22.4 Å². The number of carbonyl (C=O) groups excluding carboxylic acids is 1. The first kappa shape index (κ1) is 20.3. The Morgan fingerprint density at radius 1 is 1.32 bits per heavy atom. The van der Waals surface area contributed by atoms with E-state index in [4.69, 9.17) is 4.74 Å². The molecule has 1 aliphatic carbocycles. The predicted octanol–water partition coefficient (Wildman–Crippen LogP) is 2.17. The molecule has 28 heavy (non-hydrogen) atoms. The number of carbonyl (C=O) groups is 1. The Labute approximate surface area is 167 Å². The Morgan fingerprint density at radius 3 is 2.79 bits per heavy atom. The number of amidine groups is 1. The molecular weight excluding hydrogens is 352 g/mol. The Morgan fingerprint density at radius 2 is 2.07 bits per heavy atom. The van der Waals surface area contributed by atoms with Crippen LogP contribution in [-0.4, -0.2) is 62.6 Å². The van der Waals surface area contributed by atoms with Gasteiger partial charge in [-0.15, -0.1) is 0 Å². The van der Waals surface area contributed by atoms with Crippen LogP contribution in [0.15, 0.2) is 47.5 Å². The molecule has 1 aromatic rings. The lowest BCUT2D eigenvalue weighted by Crippen LogP contribution is -2.41. The highest BCUT2D eigenvalue weighted by molar-refractivity contribution is 5.98. The second-order valence-electron chi connectivity index (χ2n) is 7.33. The van der Waals surface area contributed by atoms with E-state index in [2.05, 4.69) is 39.2 Å². The van der Waals surface area contributed by atoms with E-state index in [0.29, 0.717) is 25.8 Å². The standard InChI is InChI=1S/C22H30N4O2/c1-4-5-16(2)22(23-3)25-20-12-17-6-7-19(13-18(17)14-20)24-21(27)15-26-8-10-28-11-9-26/h4-7,13,20H,1,8-12,14-15H2,2-3H3,(H,23,25)(H,24,27)/b16-5+. The molecule has 0 saturated carbocycles. The van der Waals surface area contributed by atoms with E-state index < -0.39 is 0 Å². The van der Waals surface area contributed by atoms with Gasteiger partial charge in [0, 0.05) is 31.9 Å². The number of hydrogen-bond donors (Lipinski definition) is 2. The van der Waals surface area contributed by atoms with Crippen LogP contribution in [0.5, 0.6) is 0 Å². The van der Waals surface area contributed by atoms with E-state index in [1.165, 1.54) is 11.1 Å². The first-order chi connectivity index (χ1) is 13.6. The number of aliphatic imine (C=N–C) groups is 1. The maximum absolute atomic E-state index is 12.3. The molecule has 0 spiro atoms. The number of nitrogens with one attached hydrogen (secondary N) is 2. The van der Waals surface area contributed by atoms with Crippen molar-refractivity contribution < 1.29 is 9.53 Å². The smallest absolute Gasteiger partial charge is 0.238 e. The van der Waals surface area contributed by atoms with Gasteiger partial charge < -0.3 is 15.4 Å². The summed E-state index contributed by atoms with van der Waals surface area (Å²) in [7, 11) is 1.80. The molecule has 1 amide bonds. The zero-order valence-electron chi connectivity index (χ0n) is 16.8. The summed E-state index contributed by atoms with van der Waals surface area (Å²) < 4.78 is 5.33. The molecular formula is C22H30N4O2. The number of amides is 1. The number of fused-ring (bicyclic) bond motifs is 1. The fraction of sp³-hybridized carbons (Fsp3) is 0.455. The zero-order valence-corrected chi connectivity index (χ0v) is 16.8. The molecule has 1 aliphatic heterocycles. The molecule has 2 N–H and O–H groups in total. The molecule has 1 saturated heterocycles. The molecule has 1 fully saturated rings. The van der Waals surface area contributed by atoms with Gasteiger partial charge in [-0.05, 0) is 48.6 Å². The van der Waals surface area contributed by atoms with E-state index in [1.54, 1.807) is 13.1 Å². The largest absolute Gasteiger partial charge is 0.379 e. The van der Waals surface area contributed by atoms with Crippen LogP contribution in [0.25, 0.3) is 0 Å². The van der Waals surface area contributed by atoms with Crippen molar-refractivity contribution in [3.63, 3.8) is 0 Å². The van der Waals surface area contributed by atoms with Gasteiger partial charge in [-0.1, -0.05) is 24.8 Å². The van der Waals surface area contributed by atoms with Crippen LogP contribution in [0.2, 0.25) is 0 Å². The highest BCUT2D eigenvalue weighted by Crippen LogP contribution is 2.26. The van der Waals surface area contributed by atoms with Crippen molar-refractivity contribution in [3.05, 3.63) is 53.6 Å². The molecule has 150 valence electrons. The average Bonchev–Trinajstić information content (AvgIpc) is 3.08. The molecule has 3 rings (SSSR count). The summed E-state index contributed by atoms with van der Waals surface area (Å²) in [5.74, 6) is 0.928. The second-order valence-corrected chi connectivity index (χ2v) is 7.33. The topological polar surface area (TPSA) is 66.0 Å². The Bertz CT molecular complexity index is 779. The predicted molar refractivity (Wildman–Crippen MR) is 114 cm³/mol. The summed E-state index contributed by atoms with van der Waals surface area (Å²) in [6.45, 7) is 9.21. The number of anilines is 1. The zero-order chi connectivity index (χ0) is 19.9. The fourth-order valence-electron chi connectivity index (χ4n) is 3.76. The quantitative estimate of drug-likeness (QED) is 0.450. The van der Waals surface area contributed by atoms with Gasteiger partial charge in [0.1, 0.15) is 5.84 Å². The minimum Gasteiger partial charge on any atom is -0.379 e. The molecule has 6 heteroatoms. The number of allylic oxidation sites excluding steroid dienone is 2. The van der Waals surface area contributed by atoms with E-state index in [-0.39, 0.29) is 5.91 Å². The SMILES string of the molecule is C=C/C=C(C)/C(=N\C)NC1Cc2ccc(NC(=O)CN3CCOCC3)cc2C1. The van der Waals surface area contributed by atoms with Gasteiger partial charge >= 0.3 is 0 Å². The first-order valence-corrected chi connectivity index (χ1v) is 9.84. The van der Waals surface area contributed by atoms with Crippen molar-refractivity contribution >= 4 is 17.4 Å². The minimum atomic E-state index is 0.0279. The van der Waals surface area contributed by atoms with Crippen LogP contribution < -0.4 is 10.6 Å². The highest BCUT2D eigenvalue weighted by atomic mass is 16.5. The van der Waals surface area contributed by atoms with Crippen molar-refractivity contribution in [1.82, 2.24) is 10.2 Å². The third-order valence-corrected chi connectivity index (χ3v) is 5.20. The minimum absolute atomic E-state index is 0.0279. The Hall–Kier alpha value is -2.44. The molecule has 1 aromatic carbocycles. The Balaban J connectivity index is 1.57. The van der Waals surface area contributed by atoms with Crippen LogP contribution in [0, 0.1) is 0 Å². The van der Waals surface area contributed by atoms with Gasteiger partial charge in [-0.2, -0.15) is 0 Å². The van der Waals surface area contributed by atoms with Crippen LogP contribution in [0.3, 0.4) is 0 Å². The number of hydrogen-bond acceptors (Lipinski definition) is 4. The Kier molecular flexibility index (Phi) is 7.01. The summed E-state index contributed by atoms with van der Waals surface area (Å²) >= 11 is 0. The van der Waals surface area contributed by atoms with Gasteiger partial charge in [-0.3, -0.25) is 14.7 Å². The first-order valence-electron chi connectivity index (χ1n) is 9.84. The maximum Gasteiger partial charge on any atom is 0.238 e. The monoisotopic (exact) mass is 382 g/mol. The number of benzene rings is 1. The van der Waals surface area contributed by atoms with E-state index in [1.807, 2.05) is 19.1 Å². The number of ether oxygens (including phenoxy) is 1. The summed E-state index contributed by atoms with van der Waals surface area (Å²) in [4.78, 5) is 18.8. The number of rotatable bonds is 6. The second kappa shape index (κ2) is 9.66. The van der Waals surface area contributed by atoms with E-state index in [0.717, 1.165) is 43.0 Å². The van der Waals surface area contributed by atoms with Gasteiger partial charge in [0.25, 0.3) is 0 Å². The van der Waals surface area contributed by atoms with Crippen LogP contribution in [0.1, 0.15) is 18.1 Å². The summed E-state index contributed by atoms with van der Waals surface area (Å²) in [6.07, 6.45) is 5.61. The lowest BCUT2D eigenvalue weighted by Gasteiger charge is -2.25. The maximum atomic E-state index is 12.3. The summed E-state index contributed by atoms with van der Waals surface area (Å²) in [6, 6.07) is 6.52. The van der Waals surface area contributed by atoms with Crippen molar-refractivity contribution in [1.29, 1.82) is 0 Å². The van der Waals surface area contributed by atoms with Crippen LogP contribution >= 0.6 is 0 Å². The molecule has 6 nitrogen and oxygen atoms in total. The third kappa shape index (κ3) is 5.30. The van der Waals surface area contributed by atoms with E-state index in [9.17, 15) is 4.79 Å². The lowest BCUT2D eigenvalue weighted by atomic mass is 10.1. The molecule has 2 aliphatic rings. The lowest BCUT2D eigenvalue weighted by molar-refractivity contribution is -0.118. The molecule has 0 bridgehead atoms. The summed E-state index contributed by atoms with van der Waals surface area (Å²) in [5.41, 5.74) is 4.54. The van der Waals surface area contributed by atoms with Crippen molar-refractivity contribution in [2.75, 3.05) is 45.2 Å². The van der Waals surface area contributed by atoms with Gasteiger partial charge in [0.15, 0.2) is 0 Å². The van der Waals surface area contributed by atoms with Gasteiger partial charge in [0.2, 0.25) is 5.91 Å². The van der Waals surface area contributed by atoms with Crippen molar-refractivity contribution in [3.8, 4) is 0 Å². The van der Waals surface area contributed by atoms with Crippen molar-refractivity contribution in [2.24, 2.45) is 4.99 Å². The van der Waals surface area contributed by atoms with Gasteiger partial charge in [-0.25, -0.2) is 0 Å². The number of morpholine rings is 1. The third-order valence-electron chi connectivity index (χ3n) is 5.20. The van der Waals surface area contributed by atoms with Gasteiger partial charge in [0.05, 0.1) is 19.8 Å². The normalized spacial score (nSPS) is 20.6. The molecule has 1 atom stereocenters. The van der Waals surface area contributed by atoms with Crippen molar-refractivity contribution in [2.45, 2.75) is 25.8 Å². The highest BCUT2D eigenvalue weighted by Gasteiger charge is 2.23. The molecule has 0 radical (unpaired) electrons. The number of nitrogens with zero attached hydrogens (tertiary/aromatic N) is 2. The molecule has 0 aromatic heterocycles. The molecule has 1 heterocycles.